The third kappa shape index (κ3) is 2.73. The first-order valence-corrected chi connectivity index (χ1v) is 4.56. The molecule has 0 fully saturated rings. The van der Waals surface area contributed by atoms with E-state index in [-0.39, 0.29) is 5.69 Å². The first kappa shape index (κ1) is 10.1. The van der Waals surface area contributed by atoms with E-state index in [9.17, 15) is 4.79 Å². The Morgan fingerprint density at radius 3 is 2.62 bits per heavy atom. The molecule has 1 rings (SSSR count). The third-order valence-electron chi connectivity index (χ3n) is 1.92. The van der Waals surface area contributed by atoms with E-state index in [1.165, 1.54) is 0 Å². The Kier molecular flexibility index (Phi) is 3.31. The van der Waals surface area contributed by atoms with Crippen molar-refractivity contribution in [3.8, 4) is 0 Å². The lowest BCUT2D eigenvalue weighted by atomic mass is 10.4. The largest absolute Gasteiger partial charge is 0.327 e. The lowest BCUT2D eigenvalue weighted by Gasteiger charge is -2.07. The SMILES string of the molecule is CC(C)NCCn1ccn(C)c1=O. The molecule has 0 radical (unpaired) electrons. The number of nitrogens with zero attached hydrogens (tertiary/aromatic N) is 2. The molecule has 0 aromatic carbocycles. The standard InChI is InChI=1S/C9H17N3O/c1-8(2)10-4-5-12-7-6-11(3)9(12)13/h6-8,10H,4-5H2,1-3H3. The molecule has 0 bridgehead atoms. The molecule has 13 heavy (non-hydrogen) atoms. The Morgan fingerprint density at radius 1 is 1.46 bits per heavy atom. The van der Waals surface area contributed by atoms with Gasteiger partial charge in [0.1, 0.15) is 0 Å². The van der Waals surface area contributed by atoms with Gasteiger partial charge in [0, 0.05) is 38.6 Å². The van der Waals surface area contributed by atoms with E-state index in [1.54, 1.807) is 22.4 Å². The van der Waals surface area contributed by atoms with Gasteiger partial charge in [0.15, 0.2) is 0 Å². The predicted octanol–water partition coefficient (Wildman–Crippen LogP) is 0.185. The molecular formula is C9H17N3O. The fraction of sp³-hybridized carbons (Fsp3) is 0.667. The molecular weight excluding hydrogens is 166 g/mol. The number of aromatic nitrogens is 2. The minimum Gasteiger partial charge on any atom is -0.313 e. The molecule has 4 nitrogen and oxygen atoms in total. The Balaban J connectivity index is 2.46. The van der Waals surface area contributed by atoms with Gasteiger partial charge in [-0.3, -0.25) is 4.57 Å². The zero-order valence-corrected chi connectivity index (χ0v) is 8.45. The average Bonchev–Trinajstić information content (AvgIpc) is 2.35. The predicted molar refractivity (Wildman–Crippen MR) is 52.8 cm³/mol. The van der Waals surface area contributed by atoms with Crippen LogP contribution in [-0.2, 0) is 13.6 Å². The number of imidazole rings is 1. The molecule has 0 atom stereocenters. The number of rotatable bonds is 4. The van der Waals surface area contributed by atoms with Crippen LogP contribution in [0.5, 0.6) is 0 Å². The van der Waals surface area contributed by atoms with E-state index in [4.69, 9.17) is 0 Å². The summed E-state index contributed by atoms with van der Waals surface area (Å²) in [6.07, 6.45) is 3.59. The third-order valence-corrected chi connectivity index (χ3v) is 1.92. The van der Waals surface area contributed by atoms with E-state index in [0.29, 0.717) is 6.04 Å². The van der Waals surface area contributed by atoms with Crippen molar-refractivity contribution < 1.29 is 0 Å². The molecule has 0 aliphatic carbocycles. The summed E-state index contributed by atoms with van der Waals surface area (Å²) in [6.45, 7) is 5.75. The van der Waals surface area contributed by atoms with Crippen molar-refractivity contribution in [1.82, 2.24) is 14.5 Å². The highest BCUT2D eigenvalue weighted by Gasteiger charge is 1.98. The van der Waals surface area contributed by atoms with E-state index in [2.05, 4.69) is 19.2 Å². The molecule has 4 heteroatoms. The molecule has 74 valence electrons. The minimum atomic E-state index is 0.0468. The van der Waals surface area contributed by atoms with E-state index in [0.717, 1.165) is 13.1 Å². The highest BCUT2D eigenvalue weighted by atomic mass is 16.1. The van der Waals surface area contributed by atoms with E-state index in [1.807, 2.05) is 6.20 Å². The zero-order chi connectivity index (χ0) is 9.84. The first-order chi connectivity index (χ1) is 6.11. The summed E-state index contributed by atoms with van der Waals surface area (Å²) in [6, 6.07) is 0.472. The summed E-state index contributed by atoms with van der Waals surface area (Å²) in [5.74, 6) is 0. The molecule has 0 aliphatic heterocycles. The van der Waals surface area contributed by atoms with Gasteiger partial charge in [-0.25, -0.2) is 4.79 Å². The maximum absolute atomic E-state index is 11.3. The fourth-order valence-electron chi connectivity index (χ4n) is 1.15. The molecule has 0 aliphatic rings. The Morgan fingerprint density at radius 2 is 2.15 bits per heavy atom. The molecule has 1 heterocycles. The summed E-state index contributed by atoms with van der Waals surface area (Å²) in [5, 5.41) is 3.26. The van der Waals surface area contributed by atoms with Gasteiger partial charge in [0.05, 0.1) is 0 Å². The number of nitrogens with one attached hydrogen (secondary N) is 1. The molecule has 0 spiro atoms. The molecule has 0 amide bonds. The van der Waals surface area contributed by atoms with Gasteiger partial charge in [0.25, 0.3) is 0 Å². The first-order valence-electron chi connectivity index (χ1n) is 4.56. The summed E-state index contributed by atoms with van der Waals surface area (Å²) in [5.41, 5.74) is 0.0468. The second kappa shape index (κ2) is 4.28. The van der Waals surface area contributed by atoms with Gasteiger partial charge in [0.2, 0.25) is 0 Å². The second-order valence-electron chi connectivity index (χ2n) is 3.49. The van der Waals surface area contributed by atoms with Gasteiger partial charge in [-0.15, -0.1) is 0 Å². The maximum Gasteiger partial charge on any atom is 0.327 e. The number of hydrogen-bond acceptors (Lipinski definition) is 2. The van der Waals surface area contributed by atoms with Crippen molar-refractivity contribution in [2.45, 2.75) is 26.4 Å². The highest BCUT2D eigenvalue weighted by Crippen LogP contribution is 1.82. The fourth-order valence-corrected chi connectivity index (χ4v) is 1.15. The van der Waals surface area contributed by atoms with Crippen LogP contribution in [0.2, 0.25) is 0 Å². The topological polar surface area (TPSA) is 39.0 Å². The zero-order valence-electron chi connectivity index (χ0n) is 8.45. The number of hydrogen-bond donors (Lipinski definition) is 1. The monoisotopic (exact) mass is 183 g/mol. The van der Waals surface area contributed by atoms with Crippen LogP contribution >= 0.6 is 0 Å². The van der Waals surface area contributed by atoms with Crippen molar-refractivity contribution in [3.63, 3.8) is 0 Å². The molecule has 1 N–H and O–H groups in total. The maximum atomic E-state index is 11.3. The van der Waals surface area contributed by atoms with Crippen LogP contribution in [0.4, 0.5) is 0 Å². The van der Waals surface area contributed by atoms with E-state index < -0.39 is 0 Å². The summed E-state index contributed by atoms with van der Waals surface area (Å²) in [4.78, 5) is 11.3. The van der Waals surface area contributed by atoms with Crippen molar-refractivity contribution >= 4 is 0 Å². The molecule has 0 saturated heterocycles. The van der Waals surface area contributed by atoms with Crippen LogP contribution in [0.25, 0.3) is 0 Å². The number of aryl methyl sites for hydroxylation is 1. The van der Waals surface area contributed by atoms with Crippen LogP contribution in [0.3, 0.4) is 0 Å². The van der Waals surface area contributed by atoms with Crippen LogP contribution in [0, 0.1) is 0 Å². The molecule has 0 unspecified atom stereocenters. The van der Waals surface area contributed by atoms with Crippen molar-refractivity contribution in [2.24, 2.45) is 7.05 Å². The quantitative estimate of drug-likeness (QED) is 0.723. The lowest BCUT2D eigenvalue weighted by molar-refractivity contribution is 0.531. The highest BCUT2D eigenvalue weighted by molar-refractivity contribution is 4.79. The Hall–Kier alpha value is -1.03. The smallest absolute Gasteiger partial charge is 0.313 e. The molecule has 1 aromatic rings. The van der Waals surface area contributed by atoms with Gasteiger partial charge in [-0.1, -0.05) is 13.8 Å². The summed E-state index contributed by atoms with van der Waals surface area (Å²) in [7, 11) is 1.76. The van der Waals surface area contributed by atoms with Crippen LogP contribution in [0.1, 0.15) is 13.8 Å². The van der Waals surface area contributed by atoms with Crippen molar-refractivity contribution in [2.75, 3.05) is 6.54 Å². The van der Waals surface area contributed by atoms with Crippen molar-refractivity contribution in [1.29, 1.82) is 0 Å². The van der Waals surface area contributed by atoms with Crippen LogP contribution < -0.4 is 11.0 Å². The molecule has 1 aromatic heterocycles. The van der Waals surface area contributed by atoms with Crippen molar-refractivity contribution in [3.05, 3.63) is 22.9 Å². The molecule has 0 saturated carbocycles. The Bertz CT molecular complexity index is 311. The normalized spacial score (nSPS) is 11.1. The van der Waals surface area contributed by atoms with Gasteiger partial charge in [-0.05, 0) is 0 Å². The summed E-state index contributed by atoms with van der Waals surface area (Å²) < 4.78 is 3.28. The van der Waals surface area contributed by atoms with Crippen LogP contribution in [0.15, 0.2) is 17.2 Å². The minimum absolute atomic E-state index is 0.0468. The van der Waals surface area contributed by atoms with Gasteiger partial charge < -0.3 is 9.88 Å². The average molecular weight is 183 g/mol. The van der Waals surface area contributed by atoms with Gasteiger partial charge >= 0.3 is 5.69 Å². The van der Waals surface area contributed by atoms with Crippen LogP contribution in [-0.4, -0.2) is 21.7 Å². The van der Waals surface area contributed by atoms with E-state index >= 15 is 0 Å². The Labute approximate surface area is 78.2 Å². The van der Waals surface area contributed by atoms with Gasteiger partial charge in [-0.2, -0.15) is 0 Å². The lowest BCUT2D eigenvalue weighted by Crippen LogP contribution is -2.30. The second-order valence-corrected chi connectivity index (χ2v) is 3.49. The summed E-state index contributed by atoms with van der Waals surface area (Å²) >= 11 is 0.